The van der Waals surface area contributed by atoms with Gasteiger partial charge in [-0.25, -0.2) is 4.90 Å². The Labute approximate surface area is 197 Å². The number of ether oxygens (including phenoxy) is 2. The molecule has 7 heteroatoms. The third-order valence-corrected chi connectivity index (χ3v) is 5.54. The van der Waals surface area contributed by atoms with Crippen molar-refractivity contribution in [3.8, 4) is 11.5 Å². The molecule has 0 unspecified atom stereocenters. The summed E-state index contributed by atoms with van der Waals surface area (Å²) in [5.74, 6) is 0.122. The van der Waals surface area contributed by atoms with Gasteiger partial charge >= 0.3 is 0 Å². The standard InChI is InChI=1S/C26H23ClN2O4/c1-4-33-19-9-7-8-18(15-19)29-25(30)23(20-10-5-6-11-22(20)32-3)24(26(29)31)28-21-14-17(27)13-12-16(21)2/h5-15,28H,4H2,1-3H3. The minimum atomic E-state index is -0.478. The first-order chi connectivity index (χ1) is 15.9. The Hall–Kier alpha value is -3.77. The Morgan fingerprint density at radius 2 is 1.76 bits per heavy atom. The van der Waals surface area contributed by atoms with Crippen LogP contribution in [0, 0.1) is 6.92 Å². The molecule has 0 spiro atoms. The molecular weight excluding hydrogens is 440 g/mol. The number of para-hydroxylation sites is 1. The molecular formula is C26H23ClN2O4. The minimum Gasteiger partial charge on any atom is -0.496 e. The maximum Gasteiger partial charge on any atom is 0.282 e. The van der Waals surface area contributed by atoms with Gasteiger partial charge in [-0.3, -0.25) is 9.59 Å². The molecule has 1 aliphatic heterocycles. The number of methoxy groups -OCH3 is 1. The number of aryl methyl sites for hydroxylation is 1. The van der Waals surface area contributed by atoms with Crippen molar-refractivity contribution in [2.45, 2.75) is 13.8 Å². The number of benzene rings is 3. The molecule has 168 valence electrons. The summed E-state index contributed by atoms with van der Waals surface area (Å²) in [5, 5.41) is 3.68. The van der Waals surface area contributed by atoms with Crippen LogP contribution < -0.4 is 19.7 Å². The number of anilines is 2. The van der Waals surface area contributed by atoms with Crippen LogP contribution in [0.5, 0.6) is 11.5 Å². The number of hydrogen-bond acceptors (Lipinski definition) is 5. The first-order valence-corrected chi connectivity index (χ1v) is 10.8. The van der Waals surface area contributed by atoms with E-state index in [2.05, 4.69) is 5.32 Å². The highest BCUT2D eigenvalue weighted by Gasteiger charge is 2.41. The molecule has 0 atom stereocenters. The topological polar surface area (TPSA) is 67.9 Å². The third-order valence-electron chi connectivity index (χ3n) is 5.31. The van der Waals surface area contributed by atoms with Gasteiger partial charge in [-0.1, -0.05) is 41.9 Å². The lowest BCUT2D eigenvalue weighted by molar-refractivity contribution is -0.120. The maximum atomic E-state index is 13.7. The van der Waals surface area contributed by atoms with Crippen molar-refractivity contribution in [3.05, 3.63) is 88.6 Å². The summed E-state index contributed by atoms with van der Waals surface area (Å²) in [5.41, 5.74) is 2.82. The molecule has 1 heterocycles. The van der Waals surface area contributed by atoms with Gasteiger partial charge in [0, 0.05) is 22.3 Å². The number of amides is 2. The van der Waals surface area contributed by atoms with Crippen LogP contribution in [0.25, 0.3) is 5.57 Å². The Morgan fingerprint density at radius 1 is 0.970 bits per heavy atom. The van der Waals surface area contributed by atoms with Gasteiger partial charge in [0.2, 0.25) is 0 Å². The zero-order valence-electron chi connectivity index (χ0n) is 18.5. The fraction of sp³-hybridized carbons (Fsp3) is 0.154. The number of imide groups is 1. The number of halogens is 1. The highest BCUT2D eigenvalue weighted by Crippen LogP contribution is 2.38. The number of nitrogens with zero attached hydrogens (tertiary/aromatic N) is 1. The van der Waals surface area contributed by atoms with Crippen molar-refractivity contribution in [3.63, 3.8) is 0 Å². The van der Waals surface area contributed by atoms with Gasteiger partial charge in [-0.05, 0) is 49.7 Å². The van der Waals surface area contributed by atoms with Crippen LogP contribution in [0.15, 0.2) is 72.4 Å². The summed E-state index contributed by atoms with van der Waals surface area (Å²) in [4.78, 5) is 28.5. The highest BCUT2D eigenvalue weighted by molar-refractivity contribution is 6.46. The van der Waals surface area contributed by atoms with E-state index in [0.717, 1.165) is 10.5 Å². The van der Waals surface area contributed by atoms with Gasteiger partial charge < -0.3 is 14.8 Å². The number of hydrogen-bond donors (Lipinski definition) is 1. The fourth-order valence-corrected chi connectivity index (χ4v) is 3.90. The lowest BCUT2D eigenvalue weighted by Crippen LogP contribution is -2.32. The van der Waals surface area contributed by atoms with Crippen molar-refractivity contribution in [2.75, 3.05) is 23.9 Å². The van der Waals surface area contributed by atoms with E-state index >= 15 is 0 Å². The van der Waals surface area contributed by atoms with E-state index in [4.69, 9.17) is 21.1 Å². The molecule has 0 aliphatic carbocycles. The maximum absolute atomic E-state index is 13.7. The van der Waals surface area contributed by atoms with Crippen LogP contribution in [0.2, 0.25) is 5.02 Å². The SMILES string of the molecule is CCOc1cccc(N2C(=O)C(Nc3cc(Cl)ccc3C)=C(c3ccccc3OC)C2=O)c1. The molecule has 3 aromatic carbocycles. The summed E-state index contributed by atoms with van der Waals surface area (Å²) >= 11 is 6.19. The van der Waals surface area contributed by atoms with Crippen LogP contribution >= 0.6 is 11.6 Å². The summed E-state index contributed by atoms with van der Waals surface area (Å²) in [7, 11) is 1.53. The van der Waals surface area contributed by atoms with E-state index in [9.17, 15) is 9.59 Å². The molecule has 2 amide bonds. The molecule has 1 aliphatic rings. The van der Waals surface area contributed by atoms with E-state index in [1.165, 1.54) is 7.11 Å². The normalized spacial score (nSPS) is 13.5. The molecule has 0 bridgehead atoms. The summed E-state index contributed by atoms with van der Waals surface area (Å²) in [6, 6.07) is 19.3. The third kappa shape index (κ3) is 4.30. The number of rotatable bonds is 7. The van der Waals surface area contributed by atoms with E-state index in [0.29, 0.717) is 40.1 Å². The molecule has 33 heavy (non-hydrogen) atoms. The number of carbonyl (C=O) groups is 2. The Bertz CT molecular complexity index is 1270. The van der Waals surface area contributed by atoms with Gasteiger partial charge in [-0.15, -0.1) is 0 Å². The summed E-state index contributed by atoms with van der Waals surface area (Å²) in [6.45, 7) is 4.24. The Kier molecular flexibility index (Phi) is 6.38. The molecule has 0 saturated heterocycles. The fourth-order valence-electron chi connectivity index (χ4n) is 3.72. The average Bonchev–Trinajstić information content (AvgIpc) is 3.05. The predicted molar refractivity (Wildman–Crippen MR) is 130 cm³/mol. The monoisotopic (exact) mass is 462 g/mol. The summed E-state index contributed by atoms with van der Waals surface area (Å²) < 4.78 is 11.1. The van der Waals surface area contributed by atoms with Gasteiger partial charge in [-0.2, -0.15) is 0 Å². The summed E-state index contributed by atoms with van der Waals surface area (Å²) in [6.07, 6.45) is 0. The van der Waals surface area contributed by atoms with Crippen LogP contribution in [-0.2, 0) is 9.59 Å². The minimum absolute atomic E-state index is 0.150. The molecule has 0 aromatic heterocycles. The zero-order valence-corrected chi connectivity index (χ0v) is 19.3. The van der Waals surface area contributed by atoms with Crippen molar-refractivity contribution >= 4 is 40.4 Å². The first-order valence-electron chi connectivity index (χ1n) is 10.5. The van der Waals surface area contributed by atoms with Crippen molar-refractivity contribution in [1.29, 1.82) is 0 Å². The zero-order chi connectivity index (χ0) is 23.5. The lowest BCUT2D eigenvalue weighted by atomic mass is 10.0. The van der Waals surface area contributed by atoms with E-state index in [1.54, 1.807) is 54.6 Å². The van der Waals surface area contributed by atoms with E-state index < -0.39 is 11.8 Å². The van der Waals surface area contributed by atoms with Crippen molar-refractivity contribution < 1.29 is 19.1 Å². The number of carbonyl (C=O) groups excluding carboxylic acids is 2. The second-order valence-electron chi connectivity index (χ2n) is 7.41. The number of nitrogens with one attached hydrogen (secondary N) is 1. The molecule has 4 rings (SSSR count). The average molecular weight is 463 g/mol. The Morgan fingerprint density at radius 3 is 2.52 bits per heavy atom. The van der Waals surface area contributed by atoms with E-state index in [1.807, 2.05) is 26.0 Å². The first kappa shape index (κ1) is 22.4. The lowest BCUT2D eigenvalue weighted by Gasteiger charge is -2.17. The second-order valence-corrected chi connectivity index (χ2v) is 7.85. The van der Waals surface area contributed by atoms with E-state index in [-0.39, 0.29) is 11.3 Å². The second kappa shape index (κ2) is 9.38. The molecule has 1 N–H and O–H groups in total. The Balaban J connectivity index is 1.86. The van der Waals surface area contributed by atoms with Crippen LogP contribution in [0.1, 0.15) is 18.1 Å². The van der Waals surface area contributed by atoms with Gasteiger partial charge in [0.15, 0.2) is 0 Å². The van der Waals surface area contributed by atoms with Crippen LogP contribution in [0.3, 0.4) is 0 Å². The van der Waals surface area contributed by atoms with Crippen molar-refractivity contribution in [1.82, 2.24) is 0 Å². The smallest absolute Gasteiger partial charge is 0.282 e. The predicted octanol–water partition coefficient (Wildman–Crippen LogP) is 5.45. The molecule has 6 nitrogen and oxygen atoms in total. The quantitative estimate of drug-likeness (QED) is 0.473. The van der Waals surface area contributed by atoms with Gasteiger partial charge in [0.1, 0.15) is 17.2 Å². The molecule has 3 aromatic rings. The highest BCUT2D eigenvalue weighted by atomic mass is 35.5. The molecule has 0 fully saturated rings. The van der Waals surface area contributed by atoms with Crippen LogP contribution in [0.4, 0.5) is 11.4 Å². The van der Waals surface area contributed by atoms with Crippen LogP contribution in [-0.4, -0.2) is 25.5 Å². The molecule has 0 radical (unpaired) electrons. The van der Waals surface area contributed by atoms with Gasteiger partial charge in [0.25, 0.3) is 11.8 Å². The molecule has 0 saturated carbocycles. The largest absolute Gasteiger partial charge is 0.496 e. The van der Waals surface area contributed by atoms with Crippen molar-refractivity contribution in [2.24, 2.45) is 0 Å². The van der Waals surface area contributed by atoms with Gasteiger partial charge in [0.05, 0.1) is 25.0 Å².